The van der Waals surface area contributed by atoms with Crippen molar-refractivity contribution in [1.29, 1.82) is 0 Å². The van der Waals surface area contributed by atoms with Crippen molar-refractivity contribution in [2.45, 2.75) is 33.2 Å². The molecule has 1 saturated heterocycles. The zero-order chi connectivity index (χ0) is 14.4. The van der Waals surface area contributed by atoms with Gasteiger partial charge in [0.25, 0.3) is 0 Å². The average Bonchev–Trinajstić information content (AvgIpc) is 2.47. The van der Waals surface area contributed by atoms with Gasteiger partial charge in [-0.15, -0.1) is 0 Å². The number of carbonyl (C=O) groups excluding carboxylic acids is 1. The first-order chi connectivity index (χ1) is 9.70. The molecule has 0 aromatic heterocycles. The van der Waals surface area contributed by atoms with Gasteiger partial charge >= 0.3 is 6.03 Å². The molecule has 1 heterocycles. The van der Waals surface area contributed by atoms with Gasteiger partial charge in [-0.3, -0.25) is 0 Å². The zero-order valence-electron chi connectivity index (χ0n) is 12.5. The number of urea groups is 1. The first-order valence-electron chi connectivity index (χ1n) is 7.55. The molecule has 1 aliphatic heterocycles. The van der Waals surface area contributed by atoms with E-state index < -0.39 is 0 Å². The normalized spacial score (nSPS) is 16.2. The summed E-state index contributed by atoms with van der Waals surface area (Å²) in [4.78, 5) is 14.2. The highest BCUT2D eigenvalue weighted by Crippen LogP contribution is 2.19. The minimum atomic E-state index is 0.0286. The highest BCUT2D eigenvalue weighted by Gasteiger charge is 2.20. The Balaban J connectivity index is 1.96. The Hall–Kier alpha value is -1.55. The van der Waals surface area contributed by atoms with Gasteiger partial charge in [0.15, 0.2) is 0 Å². The highest BCUT2D eigenvalue weighted by atomic mass is 16.2. The van der Waals surface area contributed by atoms with Gasteiger partial charge in [0.2, 0.25) is 0 Å². The maximum absolute atomic E-state index is 12.3. The van der Waals surface area contributed by atoms with Gasteiger partial charge in [-0.05, 0) is 36.9 Å². The fraction of sp³-hybridized carbons (Fsp3) is 0.562. The molecule has 0 radical (unpaired) electrons. The van der Waals surface area contributed by atoms with Crippen LogP contribution in [0.3, 0.4) is 0 Å². The van der Waals surface area contributed by atoms with Crippen LogP contribution in [-0.4, -0.2) is 30.6 Å². The number of amides is 2. The van der Waals surface area contributed by atoms with Gasteiger partial charge < -0.3 is 15.5 Å². The number of nitrogens with zero attached hydrogens (tertiary/aromatic N) is 1. The molecule has 1 aliphatic rings. The summed E-state index contributed by atoms with van der Waals surface area (Å²) < 4.78 is 0. The number of piperidine rings is 1. The lowest BCUT2D eigenvalue weighted by Crippen LogP contribution is -2.40. The van der Waals surface area contributed by atoms with Gasteiger partial charge in [0.05, 0.1) is 0 Å². The SMILES string of the molecule is CCNCc1ccccc1NC(=O)N1CCC(C)CC1. The summed E-state index contributed by atoms with van der Waals surface area (Å²) in [5.74, 6) is 0.736. The number of hydrogen-bond donors (Lipinski definition) is 2. The summed E-state index contributed by atoms with van der Waals surface area (Å²) in [6.07, 6.45) is 2.21. The average molecular weight is 275 g/mol. The molecule has 0 bridgehead atoms. The number of rotatable bonds is 4. The van der Waals surface area contributed by atoms with Crippen molar-refractivity contribution in [2.75, 3.05) is 25.0 Å². The fourth-order valence-corrected chi connectivity index (χ4v) is 2.46. The van der Waals surface area contributed by atoms with Crippen LogP contribution < -0.4 is 10.6 Å². The highest BCUT2D eigenvalue weighted by molar-refractivity contribution is 5.90. The molecule has 2 N–H and O–H groups in total. The number of benzene rings is 1. The maximum atomic E-state index is 12.3. The second-order valence-corrected chi connectivity index (χ2v) is 5.54. The number of nitrogens with one attached hydrogen (secondary N) is 2. The van der Waals surface area contributed by atoms with Crippen LogP contribution in [0.4, 0.5) is 10.5 Å². The van der Waals surface area contributed by atoms with E-state index >= 15 is 0 Å². The van der Waals surface area contributed by atoms with Crippen molar-refractivity contribution in [2.24, 2.45) is 5.92 Å². The quantitative estimate of drug-likeness (QED) is 0.887. The second kappa shape index (κ2) is 7.29. The molecule has 0 atom stereocenters. The van der Waals surface area contributed by atoms with E-state index in [2.05, 4.69) is 30.5 Å². The fourth-order valence-electron chi connectivity index (χ4n) is 2.46. The molecule has 20 heavy (non-hydrogen) atoms. The van der Waals surface area contributed by atoms with Crippen LogP contribution in [0.15, 0.2) is 24.3 Å². The predicted molar refractivity (Wildman–Crippen MR) is 82.8 cm³/mol. The number of likely N-dealkylation sites (tertiary alicyclic amines) is 1. The Bertz CT molecular complexity index is 439. The Morgan fingerprint density at radius 1 is 1.30 bits per heavy atom. The van der Waals surface area contributed by atoms with Crippen LogP contribution in [-0.2, 0) is 6.54 Å². The van der Waals surface area contributed by atoms with Crippen molar-refractivity contribution < 1.29 is 4.79 Å². The Morgan fingerprint density at radius 3 is 2.70 bits per heavy atom. The first-order valence-corrected chi connectivity index (χ1v) is 7.55. The van der Waals surface area contributed by atoms with E-state index in [4.69, 9.17) is 0 Å². The topological polar surface area (TPSA) is 44.4 Å². The molecule has 110 valence electrons. The van der Waals surface area contributed by atoms with Crippen LogP contribution in [0.25, 0.3) is 0 Å². The van der Waals surface area contributed by atoms with Crippen LogP contribution in [0.1, 0.15) is 32.3 Å². The summed E-state index contributed by atoms with van der Waals surface area (Å²) in [5.41, 5.74) is 2.05. The number of hydrogen-bond acceptors (Lipinski definition) is 2. The van der Waals surface area contributed by atoms with Crippen LogP contribution in [0.2, 0.25) is 0 Å². The molecule has 1 fully saturated rings. The van der Waals surface area contributed by atoms with Crippen molar-refractivity contribution in [3.8, 4) is 0 Å². The standard InChI is InChI=1S/C16H25N3O/c1-3-17-12-14-6-4-5-7-15(14)18-16(20)19-10-8-13(2)9-11-19/h4-7,13,17H,3,8-12H2,1-2H3,(H,18,20). The minimum Gasteiger partial charge on any atom is -0.325 e. The van der Waals surface area contributed by atoms with E-state index in [0.29, 0.717) is 0 Å². The summed E-state index contributed by atoms with van der Waals surface area (Å²) >= 11 is 0. The first kappa shape index (κ1) is 14.9. The molecular formula is C16H25N3O. The van der Waals surface area contributed by atoms with Crippen molar-refractivity contribution in [1.82, 2.24) is 10.2 Å². The van der Waals surface area contributed by atoms with Crippen molar-refractivity contribution >= 4 is 11.7 Å². The van der Waals surface area contributed by atoms with Crippen LogP contribution in [0.5, 0.6) is 0 Å². The number of para-hydroxylation sites is 1. The predicted octanol–water partition coefficient (Wildman–Crippen LogP) is 3.06. The molecule has 0 saturated carbocycles. The third-order valence-electron chi connectivity index (χ3n) is 3.90. The van der Waals surface area contributed by atoms with E-state index in [0.717, 1.165) is 56.2 Å². The minimum absolute atomic E-state index is 0.0286. The van der Waals surface area contributed by atoms with Gasteiger partial charge in [-0.25, -0.2) is 4.79 Å². The smallest absolute Gasteiger partial charge is 0.321 e. The van der Waals surface area contributed by atoms with Crippen LogP contribution in [0, 0.1) is 5.92 Å². The molecule has 0 spiro atoms. The van der Waals surface area contributed by atoms with E-state index in [-0.39, 0.29) is 6.03 Å². The molecule has 2 amide bonds. The molecule has 4 heteroatoms. The number of anilines is 1. The summed E-state index contributed by atoms with van der Waals surface area (Å²) in [6, 6.07) is 8.02. The number of carbonyl (C=O) groups is 1. The molecule has 2 rings (SSSR count). The lowest BCUT2D eigenvalue weighted by atomic mass is 10.00. The van der Waals surface area contributed by atoms with E-state index in [1.807, 2.05) is 23.1 Å². The van der Waals surface area contributed by atoms with Gasteiger partial charge in [0, 0.05) is 25.3 Å². The molecule has 1 aromatic carbocycles. The van der Waals surface area contributed by atoms with Gasteiger partial charge in [-0.2, -0.15) is 0 Å². The molecule has 1 aromatic rings. The van der Waals surface area contributed by atoms with E-state index in [9.17, 15) is 4.79 Å². The Kier molecular flexibility index (Phi) is 5.41. The summed E-state index contributed by atoms with van der Waals surface area (Å²) in [6.45, 7) is 7.76. The van der Waals surface area contributed by atoms with E-state index in [1.54, 1.807) is 0 Å². The molecule has 0 unspecified atom stereocenters. The lowest BCUT2D eigenvalue weighted by molar-refractivity contribution is 0.186. The zero-order valence-corrected chi connectivity index (χ0v) is 12.5. The monoisotopic (exact) mass is 275 g/mol. The third-order valence-corrected chi connectivity index (χ3v) is 3.90. The second-order valence-electron chi connectivity index (χ2n) is 5.54. The summed E-state index contributed by atoms with van der Waals surface area (Å²) in [5, 5.41) is 6.35. The lowest BCUT2D eigenvalue weighted by Gasteiger charge is -2.30. The van der Waals surface area contributed by atoms with Crippen LogP contribution >= 0.6 is 0 Å². The van der Waals surface area contributed by atoms with Gasteiger partial charge in [-0.1, -0.05) is 32.0 Å². The van der Waals surface area contributed by atoms with E-state index in [1.165, 1.54) is 0 Å². The largest absolute Gasteiger partial charge is 0.325 e. The Morgan fingerprint density at radius 2 is 2.00 bits per heavy atom. The maximum Gasteiger partial charge on any atom is 0.321 e. The molecule has 4 nitrogen and oxygen atoms in total. The van der Waals surface area contributed by atoms with Crippen molar-refractivity contribution in [3.63, 3.8) is 0 Å². The molecular weight excluding hydrogens is 250 g/mol. The third kappa shape index (κ3) is 3.97. The van der Waals surface area contributed by atoms with Gasteiger partial charge in [0.1, 0.15) is 0 Å². The molecule has 0 aliphatic carbocycles. The van der Waals surface area contributed by atoms with Crippen molar-refractivity contribution in [3.05, 3.63) is 29.8 Å². The summed E-state index contributed by atoms with van der Waals surface area (Å²) in [7, 11) is 0. The Labute approximate surface area is 121 Å².